The minimum atomic E-state index is -0.244. The molecule has 2 saturated heterocycles. The molecule has 0 bridgehead atoms. The van der Waals surface area contributed by atoms with E-state index in [1.807, 2.05) is 24.3 Å². The predicted octanol–water partition coefficient (Wildman–Crippen LogP) is 1.94. The van der Waals surface area contributed by atoms with Gasteiger partial charge in [0.1, 0.15) is 12.4 Å². The highest BCUT2D eigenvalue weighted by molar-refractivity contribution is 5.95. The number of nitrogen functional groups attached to an aromatic ring is 1. The lowest BCUT2D eigenvalue weighted by Crippen LogP contribution is -2.50. The van der Waals surface area contributed by atoms with Gasteiger partial charge in [-0.15, -0.1) is 0 Å². The van der Waals surface area contributed by atoms with E-state index in [2.05, 4.69) is 17.2 Å². The lowest BCUT2D eigenvalue weighted by atomic mass is 9.92. The Hall–Kier alpha value is -3.46. The van der Waals surface area contributed by atoms with Crippen molar-refractivity contribution in [3.8, 4) is 0 Å². The molecule has 9 nitrogen and oxygen atoms in total. The summed E-state index contributed by atoms with van der Waals surface area (Å²) in [5.41, 5.74) is 7.85. The molecular weight excluding hydrogens is 420 g/mol. The number of carbonyl (C=O) groups excluding carboxylic acids is 2. The lowest BCUT2D eigenvalue weighted by Gasteiger charge is -2.38. The number of likely N-dealkylation sites (tertiary alicyclic amines) is 1. The third-order valence-corrected chi connectivity index (χ3v) is 6.60. The van der Waals surface area contributed by atoms with E-state index in [4.69, 9.17) is 15.6 Å². The number of para-hydroxylation sites is 1. The Labute approximate surface area is 191 Å². The van der Waals surface area contributed by atoms with E-state index in [0.29, 0.717) is 37.7 Å². The summed E-state index contributed by atoms with van der Waals surface area (Å²) in [4.78, 5) is 31.3. The van der Waals surface area contributed by atoms with Gasteiger partial charge in [0.05, 0.1) is 11.2 Å². The highest BCUT2D eigenvalue weighted by Crippen LogP contribution is 2.32. The molecule has 172 valence electrons. The number of ether oxygens (including phenoxy) is 1. The second-order valence-corrected chi connectivity index (χ2v) is 9.16. The van der Waals surface area contributed by atoms with E-state index in [-0.39, 0.29) is 29.8 Å². The average Bonchev–Trinajstić information content (AvgIpc) is 3.11. The Morgan fingerprint density at radius 1 is 1.21 bits per heavy atom. The number of pyridine rings is 1. The SMILES string of the molecule is CC1(NC(=O)Cn2nc(C3CN(C(=O)c4ccnc(N)c4)C3)c3ccccc32)CCOCC1. The normalized spacial score (nSPS) is 18.2. The Balaban J connectivity index is 1.30. The van der Waals surface area contributed by atoms with Gasteiger partial charge in [0.25, 0.3) is 5.91 Å². The number of aromatic nitrogens is 3. The molecule has 9 heteroatoms. The first kappa shape index (κ1) is 21.4. The number of nitrogens with two attached hydrogens (primary N) is 1. The van der Waals surface area contributed by atoms with Crippen LogP contribution in [0.3, 0.4) is 0 Å². The molecular formula is C24H28N6O3. The quantitative estimate of drug-likeness (QED) is 0.616. The van der Waals surface area contributed by atoms with E-state index in [9.17, 15) is 9.59 Å². The zero-order chi connectivity index (χ0) is 23.0. The molecule has 5 rings (SSSR count). The standard InChI is InChI=1S/C24H28N6O3/c1-24(7-10-33-11-8-24)27-21(31)15-30-19-5-3-2-4-18(19)22(28-30)17-13-29(14-17)23(32)16-6-9-26-20(25)12-16/h2-6,9,12,17H,7-8,10-11,13-15H2,1H3,(H2,25,26)(H,27,31). The maximum Gasteiger partial charge on any atom is 0.254 e. The molecule has 3 aromatic rings. The molecule has 2 fully saturated rings. The fourth-order valence-corrected chi connectivity index (χ4v) is 4.62. The number of hydrogen-bond donors (Lipinski definition) is 2. The van der Waals surface area contributed by atoms with E-state index >= 15 is 0 Å². The van der Waals surface area contributed by atoms with Crippen LogP contribution in [0.2, 0.25) is 0 Å². The largest absolute Gasteiger partial charge is 0.384 e. The van der Waals surface area contributed by atoms with Crippen LogP contribution in [0.15, 0.2) is 42.6 Å². The lowest BCUT2D eigenvalue weighted by molar-refractivity contribution is -0.124. The van der Waals surface area contributed by atoms with Crippen molar-refractivity contribution >= 4 is 28.5 Å². The van der Waals surface area contributed by atoms with E-state index in [1.165, 1.54) is 0 Å². The molecule has 0 atom stereocenters. The first-order valence-electron chi connectivity index (χ1n) is 11.3. The van der Waals surface area contributed by atoms with Crippen LogP contribution in [-0.2, 0) is 16.1 Å². The minimum Gasteiger partial charge on any atom is -0.384 e. The zero-order valence-electron chi connectivity index (χ0n) is 18.7. The molecule has 3 N–H and O–H groups in total. The number of carbonyl (C=O) groups is 2. The highest BCUT2D eigenvalue weighted by Gasteiger charge is 2.35. The molecule has 0 unspecified atom stereocenters. The summed E-state index contributed by atoms with van der Waals surface area (Å²) < 4.78 is 7.20. The number of rotatable bonds is 5. The number of benzene rings is 1. The molecule has 33 heavy (non-hydrogen) atoms. The summed E-state index contributed by atoms with van der Waals surface area (Å²) in [7, 11) is 0. The van der Waals surface area contributed by atoms with Crippen molar-refractivity contribution in [2.24, 2.45) is 0 Å². The van der Waals surface area contributed by atoms with Gasteiger partial charge in [-0.3, -0.25) is 14.3 Å². The summed E-state index contributed by atoms with van der Waals surface area (Å²) in [6, 6.07) is 11.2. The van der Waals surface area contributed by atoms with Crippen molar-refractivity contribution in [2.45, 2.75) is 37.8 Å². The summed E-state index contributed by atoms with van der Waals surface area (Å²) in [6.45, 7) is 4.70. The molecule has 1 aromatic carbocycles. The maximum atomic E-state index is 12.8. The van der Waals surface area contributed by atoms with Gasteiger partial charge >= 0.3 is 0 Å². The topological polar surface area (TPSA) is 115 Å². The van der Waals surface area contributed by atoms with Gasteiger partial charge in [-0.2, -0.15) is 5.10 Å². The van der Waals surface area contributed by atoms with Gasteiger partial charge in [0, 0.05) is 54.9 Å². The maximum absolute atomic E-state index is 12.8. The molecule has 2 aliphatic heterocycles. The second kappa shape index (κ2) is 8.47. The molecule has 0 radical (unpaired) electrons. The van der Waals surface area contributed by atoms with Crippen molar-refractivity contribution in [2.75, 3.05) is 32.0 Å². The van der Waals surface area contributed by atoms with Gasteiger partial charge < -0.3 is 20.7 Å². The van der Waals surface area contributed by atoms with Crippen LogP contribution < -0.4 is 11.1 Å². The molecule has 2 aromatic heterocycles. The Kier molecular flexibility index (Phi) is 5.49. The fraction of sp³-hybridized carbons (Fsp3) is 0.417. The molecule has 0 spiro atoms. The summed E-state index contributed by atoms with van der Waals surface area (Å²) in [5.74, 6) is 0.332. The average molecular weight is 449 g/mol. The van der Waals surface area contributed by atoms with Crippen LogP contribution >= 0.6 is 0 Å². The van der Waals surface area contributed by atoms with Crippen LogP contribution in [0, 0.1) is 0 Å². The highest BCUT2D eigenvalue weighted by atomic mass is 16.5. The van der Waals surface area contributed by atoms with Gasteiger partial charge in [-0.25, -0.2) is 4.98 Å². The number of nitrogens with one attached hydrogen (secondary N) is 1. The number of anilines is 1. The van der Waals surface area contributed by atoms with Crippen molar-refractivity contribution < 1.29 is 14.3 Å². The van der Waals surface area contributed by atoms with Gasteiger partial charge in [0.2, 0.25) is 5.91 Å². The predicted molar refractivity (Wildman–Crippen MR) is 124 cm³/mol. The molecule has 2 aliphatic rings. The third-order valence-electron chi connectivity index (χ3n) is 6.60. The Bertz CT molecular complexity index is 1190. The Morgan fingerprint density at radius 2 is 1.97 bits per heavy atom. The first-order chi connectivity index (χ1) is 15.9. The zero-order valence-corrected chi connectivity index (χ0v) is 18.7. The van der Waals surface area contributed by atoms with Crippen LogP contribution in [-0.4, -0.2) is 63.3 Å². The van der Waals surface area contributed by atoms with E-state index in [0.717, 1.165) is 29.4 Å². The summed E-state index contributed by atoms with van der Waals surface area (Å²) in [6.07, 6.45) is 3.15. The van der Waals surface area contributed by atoms with Crippen molar-refractivity contribution in [1.82, 2.24) is 25.0 Å². The monoisotopic (exact) mass is 448 g/mol. The molecule has 0 saturated carbocycles. The van der Waals surface area contributed by atoms with Crippen molar-refractivity contribution in [3.63, 3.8) is 0 Å². The van der Waals surface area contributed by atoms with Crippen molar-refractivity contribution in [3.05, 3.63) is 53.9 Å². The number of fused-ring (bicyclic) bond motifs is 1. The smallest absolute Gasteiger partial charge is 0.254 e. The summed E-state index contributed by atoms with van der Waals surface area (Å²) in [5, 5.41) is 9.00. The van der Waals surface area contributed by atoms with Crippen LogP contribution in [0.25, 0.3) is 10.9 Å². The number of amides is 2. The van der Waals surface area contributed by atoms with Crippen LogP contribution in [0.1, 0.15) is 41.7 Å². The summed E-state index contributed by atoms with van der Waals surface area (Å²) >= 11 is 0. The van der Waals surface area contributed by atoms with Crippen LogP contribution in [0.4, 0.5) is 5.82 Å². The Morgan fingerprint density at radius 3 is 2.73 bits per heavy atom. The van der Waals surface area contributed by atoms with Gasteiger partial charge in [0.15, 0.2) is 0 Å². The van der Waals surface area contributed by atoms with E-state index < -0.39 is 0 Å². The van der Waals surface area contributed by atoms with Gasteiger partial charge in [-0.1, -0.05) is 18.2 Å². The van der Waals surface area contributed by atoms with Gasteiger partial charge in [-0.05, 0) is 38.0 Å². The third kappa shape index (κ3) is 4.28. The van der Waals surface area contributed by atoms with E-state index in [1.54, 1.807) is 27.9 Å². The van der Waals surface area contributed by atoms with Crippen LogP contribution in [0.5, 0.6) is 0 Å². The number of hydrogen-bond acceptors (Lipinski definition) is 6. The molecule has 2 amide bonds. The van der Waals surface area contributed by atoms with Crippen molar-refractivity contribution in [1.29, 1.82) is 0 Å². The fourth-order valence-electron chi connectivity index (χ4n) is 4.62. The number of nitrogens with zero attached hydrogens (tertiary/aromatic N) is 4. The molecule has 0 aliphatic carbocycles. The second-order valence-electron chi connectivity index (χ2n) is 9.16. The minimum absolute atomic E-state index is 0.0557. The molecule has 4 heterocycles. The first-order valence-corrected chi connectivity index (χ1v) is 11.3.